The molecule has 154 valence electrons. The number of benzene rings is 1. The molecule has 1 saturated heterocycles. The van der Waals surface area contributed by atoms with Crippen LogP contribution in [-0.2, 0) is 29.0 Å². The van der Waals surface area contributed by atoms with Crippen molar-refractivity contribution in [3.05, 3.63) is 47.5 Å². The van der Waals surface area contributed by atoms with Crippen LogP contribution in [0.15, 0.2) is 30.3 Å². The number of aromatic nitrogens is 3. The first-order valence-electron chi connectivity index (χ1n) is 10.7. The molecule has 2 aromatic rings. The third-order valence-electron chi connectivity index (χ3n) is 5.90. The number of rotatable bonds is 5. The summed E-state index contributed by atoms with van der Waals surface area (Å²) in [7, 11) is 0. The van der Waals surface area contributed by atoms with Crippen LogP contribution in [0.5, 0.6) is 0 Å². The highest BCUT2D eigenvalue weighted by Gasteiger charge is 2.24. The number of amides is 2. The SMILES string of the molecule is O=C(CN1CCCCCC1=O)NC1CCc2nnc(Cc3ccccc3)n2CC1. The lowest BCUT2D eigenvalue weighted by atomic mass is 10.1. The zero-order valence-corrected chi connectivity index (χ0v) is 16.8. The molecule has 2 aliphatic rings. The van der Waals surface area contributed by atoms with E-state index in [1.165, 1.54) is 5.56 Å². The van der Waals surface area contributed by atoms with Gasteiger partial charge in [0.2, 0.25) is 11.8 Å². The van der Waals surface area contributed by atoms with Crippen LogP contribution in [0.25, 0.3) is 0 Å². The molecule has 3 heterocycles. The molecule has 2 amide bonds. The van der Waals surface area contributed by atoms with E-state index < -0.39 is 0 Å². The fraction of sp³-hybridized carbons (Fsp3) is 0.545. The maximum atomic E-state index is 12.5. The quantitative estimate of drug-likeness (QED) is 0.841. The van der Waals surface area contributed by atoms with Crippen molar-refractivity contribution in [2.24, 2.45) is 0 Å². The van der Waals surface area contributed by atoms with Crippen molar-refractivity contribution in [1.29, 1.82) is 0 Å². The van der Waals surface area contributed by atoms with Crippen LogP contribution in [0.1, 0.15) is 55.7 Å². The molecule has 7 nitrogen and oxygen atoms in total. The van der Waals surface area contributed by atoms with Gasteiger partial charge in [-0.15, -0.1) is 10.2 Å². The molecule has 0 spiro atoms. The minimum Gasteiger partial charge on any atom is -0.352 e. The lowest BCUT2D eigenvalue weighted by Crippen LogP contribution is -2.44. The number of nitrogens with zero attached hydrogens (tertiary/aromatic N) is 4. The standard InChI is InChI=1S/C22H29N5O2/c28-21(16-26-13-6-2-5-9-22(26)29)23-18-10-11-19-24-25-20(27(19)14-12-18)15-17-7-3-1-4-8-17/h1,3-4,7-8,18H,2,5-6,9-16H2,(H,23,28). The lowest BCUT2D eigenvalue weighted by molar-refractivity contribution is -0.135. The van der Waals surface area contributed by atoms with E-state index in [0.717, 1.165) is 63.1 Å². The van der Waals surface area contributed by atoms with Crippen molar-refractivity contribution in [1.82, 2.24) is 25.0 Å². The van der Waals surface area contributed by atoms with Crippen molar-refractivity contribution in [3.63, 3.8) is 0 Å². The number of likely N-dealkylation sites (tertiary alicyclic amines) is 1. The minimum absolute atomic E-state index is 0.0487. The maximum absolute atomic E-state index is 12.5. The first-order valence-corrected chi connectivity index (χ1v) is 10.7. The van der Waals surface area contributed by atoms with Crippen molar-refractivity contribution in [2.45, 2.75) is 64.0 Å². The van der Waals surface area contributed by atoms with Crippen molar-refractivity contribution >= 4 is 11.8 Å². The Balaban J connectivity index is 1.32. The molecule has 1 N–H and O–H groups in total. The molecule has 0 radical (unpaired) electrons. The second kappa shape index (κ2) is 9.20. The van der Waals surface area contributed by atoms with Crippen LogP contribution in [0.3, 0.4) is 0 Å². The zero-order valence-electron chi connectivity index (χ0n) is 16.8. The predicted octanol–water partition coefficient (Wildman–Crippen LogP) is 2.09. The lowest BCUT2D eigenvalue weighted by Gasteiger charge is -2.22. The zero-order chi connectivity index (χ0) is 20.1. The molecule has 1 unspecified atom stereocenters. The Morgan fingerprint density at radius 2 is 1.90 bits per heavy atom. The molecule has 7 heteroatoms. The van der Waals surface area contributed by atoms with E-state index in [0.29, 0.717) is 13.0 Å². The van der Waals surface area contributed by atoms with Gasteiger partial charge in [0.05, 0.1) is 6.54 Å². The van der Waals surface area contributed by atoms with Gasteiger partial charge < -0.3 is 14.8 Å². The summed E-state index contributed by atoms with van der Waals surface area (Å²) < 4.78 is 2.21. The van der Waals surface area contributed by atoms with Crippen molar-refractivity contribution in [3.8, 4) is 0 Å². The van der Waals surface area contributed by atoms with Crippen LogP contribution in [0.2, 0.25) is 0 Å². The van der Waals surface area contributed by atoms with Crippen LogP contribution in [0, 0.1) is 0 Å². The van der Waals surface area contributed by atoms with E-state index in [-0.39, 0.29) is 24.4 Å². The average Bonchev–Trinajstić information content (AvgIpc) is 2.86. The highest BCUT2D eigenvalue weighted by atomic mass is 16.2. The van der Waals surface area contributed by atoms with E-state index >= 15 is 0 Å². The van der Waals surface area contributed by atoms with Gasteiger partial charge in [-0.05, 0) is 31.2 Å². The Morgan fingerprint density at radius 1 is 1.03 bits per heavy atom. The number of carbonyl (C=O) groups is 2. The highest BCUT2D eigenvalue weighted by Crippen LogP contribution is 2.18. The Bertz CT molecular complexity index is 848. The molecule has 1 atom stereocenters. The topological polar surface area (TPSA) is 80.1 Å². The summed E-state index contributed by atoms with van der Waals surface area (Å²) in [5, 5.41) is 11.9. The Hall–Kier alpha value is -2.70. The van der Waals surface area contributed by atoms with Gasteiger partial charge in [0.15, 0.2) is 0 Å². The number of hydrogen-bond donors (Lipinski definition) is 1. The second-order valence-corrected chi connectivity index (χ2v) is 8.06. The van der Waals surface area contributed by atoms with Crippen LogP contribution in [0.4, 0.5) is 0 Å². The molecule has 2 aliphatic heterocycles. The van der Waals surface area contributed by atoms with Gasteiger partial charge in [-0.25, -0.2) is 0 Å². The summed E-state index contributed by atoms with van der Waals surface area (Å²) in [6.07, 6.45) is 6.82. The molecule has 1 fully saturated rings. The molecule has 29 heavy (non-hydrogen) atoms. The first-order chi connectivity index (χ1) is 14.2. The summed E-state index contributed by atoms with van der Waals surface area (Å²) in [5.41, 5.74) is 1.22. The largest absolute Gasteiger partial charge is 0.352 e. The third-order valence-corrected chi connectivity index (χ3v) is 5.90. The normalized spacial score (nSPS) is 19.9. The number of fused-ring (bicyclic) bond motifs is 1. The molecule has 4 rings (SSSR count). The van der Waals surface area contributed by atoms with Crippen LogP contribution >= 0.6 is 0 Å². The van der Waals surface area contributed by atoms with E-state index in [1.807, 2.05) is 18.2 Å². The molecular formula is C22H29N5O2. The van der Waals surface area contributed by atoms with Gasteiger partial charge in [-0.1, -0.05) is 36.8 Å². The minimum atomic E-state index is -0.0487. The van der Waals surface area contributed by atoms with Crippen LogP contribution in [-0.4, -0.2) is 50.6 Å². The molecular weight excluding hydrogens is 366 g/mol. The monoisotopic (exact) mass is 395 g/mol. The summed E-state index contributed by atoms with van der Waals surface area (Å²) in [4.78, 5) is 26.4. The van der Waals surface area contributed by atoms with E-state index in [1.54, 1.807) is 4.90 Å². The van der Waals surface area contributed by atoms with Crippen LogP contribution < -0.4 is 5.32 Å². The van der Waals surface area contributed by atoms with E-state index in [4.69, 9.17) is 0 Å². The summed E-state index contributed by atoms with van der Waals surface area (Å²) in [6, 6.07) is 10.4. The van der Waals surface area contributed by atoms with Gasteiger partial charge in [0.25, 0.3) is 0 Å². The summed E-state index contributed by atoms with van der Waals surface area (Å²) in [6.45, 7) is 1.68. The third kappa shape index (κ3) is 5.02. The van der Waals surface area contributed by atoms with Gasteiger partial charge in [0, 0.05) is 38.4 Å². The number of carbonyl (C=O) groups excluding carboxylic acids is 2. The number of aryl methyl sites for hydroxylation is 1. The smallest absolute Gasteiger partial charge is 0.239 e. The fourth-order valence-electron chi connectivity index (χ4n) is 4.25. The highest BCUT2D eigenvalue weighted by molar-refractivity contribution is 5.85. The predicted molar refractivity (Wildman–Crippen MR) is 109 cm³/mol. The summed E-state index contributed by atoms with van der Waals surface area (Å²) in [5.74, 6) is 2.03. The Labute approximate surface area is 171 Å². The molecule has 0 saturated carbocycles. The molecule has 1 aromatic carbocycles. The van der Waals surface area contributed by atoms with Crippen molar-refractivity contribution < 1.29 is 9.59 Å². The van der Waals surface area contributed by atoms with Gasteiger partial charge in [-0.3, -0.25) is 9.59 Å². The number of hydrogen-bond acceptors (Lipinski definition) is 4. The van der Waals surface area contributed by atoms with E-state index in [9.17, 15) is 9.59 Å². The fourth-order valence-corrected chi connectivity index (χ4v) is 4.25. The first kappa shape index (κ1) is 19.6. The van der Waals surface area contributed by atoms with Gasteiger partial charge >= 0.3 is 0 Å². The molecule has 0 aliphatic carbocycles. The second-order valence-electron chi connectivity index (χ2n) is 8.06. The van der Waals surface area contributed by atoms with Crippen molar-refractivity contribution in [2.75, 3.05) is 13.1 Å². The van der Waals surface area contributed by atoms with Gasteiger partial charge in [0.1, 0.15) is 11.6 Å². The number of nitrogens with one attached hydrogen (secondary N) is 1. The average molecular weight is 396 g/mol. The maximum Gasteiger partial charge on any atom is 0.239 e. The van der Waals surface area contributed by atoms with Gasteiger partial charge in [-0.2, -0.15) is 0 Å². The molecule has 0 bridgehead atoms. The van der Waals surface area contributed by atoms with E-state index in [2.05, 4.69) is 32.2 Å². The molecule has 1 aromatic heterocycles. The Kier molecular flexibility index (Phi) is 6.22. The summed E-state index contributed by atoms with van der Waals surface area (Å²) >= 11 is 0. The Morgan fingerprint density at radius 3 is 2.76 bits per heavy atom.